The van der Waals surface area contributed by atoms with E-state index in [0.29, 0.717) is 11.3 Å². The molecular formula is C11H10O4. The van der Waals surface area contributed by atoms with Crippen LogP contribution in [0.15, 0.2) is 24.3 Å². The first-order valence-corrected chi connectivity index (χ1v) is 4.58. The van der Waals surface area contributed by atoms with Gasteiger partial charge >= 0.3 is 5.97 Å². The number of hydrogen-bond acceptors (Lipinski definition) is 4. The van der Waals surface area contributed by atoms with Gasteiger partial charge in [-0.1, -0.05) is 12.1 Å². The van der Waals surface area contributed by atoms with Crippen LogP contribution in [0.5, 0.6) is 5.75 Å². The Balaban J connectivity index is 2.34. The van der Waals surface area contributed by atoms with Crippen LogP contribution < -0.4 is 4.74 Å². The zero-order chi connectivity index (χ0) is 10.8. The molecule has 1 atom stereocenters. The Morgan fingerprint density at radius 2 is 2.20 bits per heavy atom. The Kier molecular flexibility index (Phi) is 2.41. The molecule has 78 valence electrons. The molecule has 15 heavy (non-hydrogen) atoms. The van der Waals surface area contributed by atoms with E-state index in [2.05, 4.69) is 4.74 Å². The maximum atomic E-state index is 11.8. The van der Waals surface area contributed by atoms with Crippen LogP contribution in [0.25, 0.3) is 0 Å². The summed E-state index contributed by atoms with van der Waals surface area (Å²) >= 11 is 0. The van der Waals surface area contributed by atoms with Crippen LogP contribution in [-0.2, 0) is 9.53 Å². The van der Waals surface area contributed by atoms with E-state index in [1.54, 1.807) is 24.3 Å². The molecule has 0 saturated heterocycles. The van der Waals surface area contributed by atoms with Crippen molar-refractivity contribution in [3.63, 3.8) is 0 Å². The lowest BCUT2D eigenvalue weighted by Crippen LogP contribution is -2.34. The van der Waals surface area contributed by atoms with E-state index in [1.165, 1.54) is 7.11 Å². The van der Waals surface area contributed by atoms with Gasteiger partial charge in [0.25, 0.3) is 0 Å². The minimum Gasteiger partial charge on any atom is -0.491 e. The van der Waals surface area contributed by atoms with E-state index in [9.17, 15) is 9.59 Å². The molecule has 0 saturated carbocycles. The summed E-state index contributed by atoms with van der Waals surface area (Å²) in [4.78, 5) is 23.1. The van der Waals surface area contributed by atoms with Crippen molar-refractivity contribution in [3.05, 3.63) is 29.8 Å². The minimum atomic E-state index is -0.829. The van der Waals surface area contributed by atoms with Crippen LogP contribution in [0.4, 0.5) is 0 Å². The molecule has 4 nitrogen and oxygen atoms in total. The first-order chi connectivity index (χ1) is 7.24. The predicted molar refractivity (Wildman–Crippen MR) is 51.8 cm³/mol. The van der Waals surface area contributed by atoms with Crippen LogP contribution in [0.2, 0.25) is 0 Å². The number of esters is 1. The van der Waals surface area contributed by atoms with Crippen molar-refractivity contribution >= 4 is 11.8 Å². The third-order valence-electron chi connectivity index (χ3n) is 2.36. The summed E-state index contributed by atoms with van der Waals surface area (Å²) in [5, 5.41) is 0. The summed E-state index contributed by atoms with van der Waals surface area (Å²) in [5.74, 6) is -1.08. The molecule has 0 aliphatic carbocycles. The number of ketones is 1. The van der Waals surface area contributed by atoms with Crippen molar-refractivity contribution in [2.24, 2.45) is 5.92 Å². The largest absolute Gasteiger partial charge is 0.491 e. The van der Waals surface area contributed by atoms with Gasteiger partial charge in [-0.2, -0.15) is 0 Å². The number of rotatable bonds is 1. The second kappa shape index (κ2) is 3.73. The highest BCUT2D eigenvalue weighted by atomic mass is 16.5. The Morgan fingerprint density at radius 1 is 1.47 bits per heavy atom. The van der Waals surface area contributed by atoms with Crippen LogP contribution in [0.3, 0.4) is 0 Å². The Bertz CT molecular complexity index is 411. The number of para-hydroxylation sites is 1. The fourth-order valence-corrected chi connectivity index (χ4v) is 1.55. The van der Waals surface area contributed by atoms with Gasteiger partial charge in [-0.15, -0.1) is 0 Å². The summed E-state index contributed by atoms with van der Waals surface area (Å²) in [5.41, 5.74) is 0.444. The molecule has 1 aliphatic heterocycles. The van der Waals surface area contributed by atoms with Gasteiger partial charge in [0.1, 0.15) is 12.4 Å². The van der Waals surface area contributed by atoms with Crippen molar-refractivity contribution in [3.8, 4) is 5.75 Å². The molecule has 1 aromatic carbocycles. The van der Waals surface area contributed by atoms with Crippen LogP contribution in [-0.4, -0.2) is 25.5 Å². The minimum absolute atomic E-state index is 0.0581. The maximum Gasteiger partial charge on any atom is 0.320 e. The van der Waals surface area contributed by atoms with Crippen LogP contribution in [0.1, 0.15) is 10.4 Å². The normalized spacial score (nSPS) is 19.0. The van der Waals surface area contributed by atoms with E-state index in [-0.39, 0.29) is 12.4 Å². The fraction of sp³-hybridized carbons (Fsp3) is 0.273. The molecule has 0 spiro atoms. The second-order valence-electron chi connectivity index (χ2n) is 3.25. The molecule has 0 fully saturated rings. The summed E-state index contributed by atoms with van der Waals surface area (Å²) in [6.07, 6.45) is 0. The fourth-order valence-electron chi connectivity index (χ4n) is 1.55. The highest BCUT2D eigenvalue weighted by Gasteiger charge is 2.34. The van der Waals surface area contributed by atoms with E-state index >= 15 is 0 Å². The van der Waals surface area contributed by atoms with Crippen molar-refractivity contribution in [1.82, 2.24) is 0 Å². The summed E-state index contributed by atoms with van der Waals surface area (Å²) in [6, 6.07) is 6.87. The molecule has 1 heterocycles. The topological polar surface area (TPSA) is 52.6 Å². The lowest BCUT2D eigenvalue weighted by Gasteiger charge is -2.21. The van der Waals surface area contributed by atoms with Gasteiger partial charge < -0.3 is 9.47 Å². The number of fused-ring (bicyclic) bond motifs is 1. The first kappa shape index (κ1) is 9.71. The van der Waals surface area contributed by atoms with Gasteiger partial charge in [-0.05, 0) is 12.1 Å². The van der Waals surface area contributed by atoms with Gasteiger partial charge in [0.15, 0.2) is 11.7 Å². The van der Waals surface area contributed by atoms with Gasteiger partial charge in [-0.25, -0.2) is 0 Å². The Morgan fingerprint density at radius 3 is 2.93 bits per heavy atom. The Hall–Kier alpha value is -1.84. The summed E-state index contributed by atoms with van der Waals surface area (Å²) < 4.78 is 9.84. The van der Waals surface area contributed by atoms with Gasteiger partial charge in [0.2, 0.25) is 0 Å². The van der Waals surface area contributed by atoms with Gasteiger partial charge in [0.05, 0.1) is 12.7 Å². The summed E-state index contributed by atoms with van der Waals surface area (Å²) in [6.45, 7) is 0.0581. The van der Waals surface area contributed by atoms with Crippen molar-refractivity contribution in [2.45, 2.75) is 0 Å². The van der Waals surface area contributed by atoms with Crippen molar-refractivity contribution in [1.29, 1.82) is 0 Å². The number of hydrogen-bond donors (Lipinski definition) is 0. The number of Topliss-reactive ketones (excluding diaryl/α,β-unsaturated/α-hetero) is 1. The van der Waals surface area contributed by atoms with Crippen LogP contribution >= 0.6 is 0 Å². The third-order valence-corrected chi connectivity index (χ3v) is 2.36. The maximum absolute atomic E-state index is 11.8. The van der Waals surface area contributed by atoms with Crippen molar-refractivity contribution in [2.75, 3.05) is 13.7 Å². The second-order valence-corrected chi connectivity index (χ2v) is 3.25. The quantitative estimate of drug-likeness (QED) is 0.509. The van der Waals surface area contributed by atoms with Gasteiger partial charge in [0, 0.05) is 0 Å². The van der Waals surface area contributed by atoms with E-state index in [4.69, 9.17) is 4.74 Å². The number of ether oxygens (including phenoxy) is 2. The SMILES string of the molecule is COC(=O)C1COc2ccccc2C1=O. The molecule has 0 amide bonds. The molecule has 0 N–H and O–H groups in total. The average Bonchev–Trinajstić information content (AvgIpc) is 2.29. The molecule has 0 aromatic heterocycles. The molecule has 4 heteroatoms. The van der Waals surface area contributed by atoms with E-state index in [1.807, 2.05) is 0 Å². The monoisotopic (exact) mass is 206 g/mol. The molecule has 1 aliphatic rings. The molecule has 2 rings (SSSR count). The standard InChI is InChI=1S/C11H10O4/c1-14-11(13)8-6-15-9-5-3-2-4-7(9)10(8)12/h2-5,8H,6H2,1H3. The zero-order valence-corrected chi connectivity index (χ0v) is 8.23. The average molecular weight is 206 g/mol. The highest BCUT2D eigenvalue weighted by Crippen LogP contribution is 2.27. The third kappa shape index (κ3) is 1.58. The van der Waals surface area contributed by atoms with Crippen molar-refractivity contribution < 1.29 is 19.1 Å². The zero-order valence-electron chi connectivity index (χ0n) is 8.23. The highest BCUT2D eigenvalue weighted by molar-refractivity contribution is 6.10. The first-order valence-electron chi connectivity index (χ1n) is 4.58. The number of carbonyl (C=O) groups is 2. The molecular weight excluding hydrogens is 196 g/mol. The number of benzene rings is 1. The molecule has 1 unspecified atom stereocenters. The number of methoxy groups -OCH3 is 1. The lowest BCUT2D eigenvalue weighted by molar-refractivity contribution is -0.144. The molecule has 0 radical (unpaired) electrons. The van der Waals surface area contributed by atoms with E-state index in [0.717, 1.165) is 0 Å². The van der Waals surface area contributed by atoms with Crippen LogP contribution in [0, 0.1) is 5.92 Å². The van der Waals surface area contributed by atoms with E-state index < -0.39 is 11.9 Å². The Labute approximate surface area is 86.8 Å². The molecule has 0 bridgehead atoms. The predicted octanol–water partition coefficient (Wildman–Crippen LogP) is 1.05. The van der Waals surface area contributed by atoms with Gasteiger partial charge in [-0.3, -0.25) is 9.59 Å². The number of carbonyl (C=O) groups excluding carboxylic acids is 2. The molecule has 1 aromatic rings. The lowest BCUT2D eigenvalue weighted by atomic mass is 9.95. The smallest absolute Gasteiger partial charge is 0.320 e. The summed E-state index contributed by atoms with van der Waals surface area (Å²) in [7, 11) is 1.26.